The Labute approximate surface area is 62.2 Å². The largest absolute Gasteiger partial charge is 0.327 e. The van der Waals surface area contributed by atoms with Crippen LogP contribution in [0.3, 0.4) is 0 Å². The maximum absolute atomic E-state index is 5.98. The normalized spacial score (nSPS) is 47.1. The van der Waals surface area contributed by atoms with Gasteiger partial charge in [0.1, 0.15) is 0 Å². The fraction of sp³-hybridized carbons (Fsp3) is 1.00. The molecule has 0 aromatic rings. The molecule has 0 radical (unpaired) electrons. The van der Waals surface area contributed by atoms with Crippen molar-refractivity contribution in [3.8, 4) is 0 Å². The van der Waals surface area contributed by atoms with Crippen LogP contribution in [0.15, 0.2) is 0 Å². The van der Waals surface area contributed by atoms with E-state index >= 15 is 0 Å². The van der Waals surface area contributed by atoms with Crippen LogP contribution in [0.5, 0.6) is 0 Å². The van der Waals surface area contributed by atoms with Crippen molar-refractivity contribution in [3.05, 3.63) is 0 Å². The monoisotopic (exact) mass is 140 g/mol. The number of nitrogens with two attached hydrogens (primary N) is 1. The highest BCUT2D eigenvalue weighted by molar-refractivity contribution is 4.91. The fourth-order valence-electron chi connectivity index (χ4n) is 2.40. The molecule has 1 saturated heterocycles. The Balaban J connectivity index is 2.03. The highest BCUT2D eigenvalue weighted by Gasteiger charge is 2.34. The second-order valence-electron chi connectivity index (χ2n) is 3.68. The molecule has 3 unspecified atom stereocenters. The molecule has 0 spiro atoms. The van der Waals surface area contributed by atoms with Gasteiger partial charge in [-0.15, -0.1) is 0 Å². The van der Waals surface area contributed by atoms with E-state index in [0.717, 1.165) is 11.8 Å². The number of rotatable bonds is 0. The summed E-state index contributed by atoms with van der Waals surface area (Å²) in [5.41, 5.74) is 5.98. The Morgan fingerprint density at radius 2 is 2.10 bits per heavy atom. The molecule has 0 bridgehead atoms. The first-order chi connectivity index (χ1) is 4.88. The van der Waals surface area contributed by atoms with E-state index in [1.807, 2.05) is 0 Å². The first kappa shape index (κ1) is 6.62. The standard InChI is InChI=1S/C8H16N2/c9-8-3-1-2-6-4-10-5-7(6)8/h6-8,10H,1-5,9H2. The molecule has 1 saturated carbocycles. The van der Waals surface area contributed by atoms with Crippen LogP contribution in [0.1, 0.15) is 19.3 Å². The predicted molar refractivity (Wildman–Crippen MR) is 41.7 cm³/mol. The van der Waals surface area contributed by atoms with E-state index in [1.54, 1.807) is 0 Å². The lowest BCUT2D eigenvalue weighted by molar-refractivity contribution is 0.260. The third-order valence-corrected chi connectivity index (χ3v) is 3.05. The molecule has 2 fully saturated rings. The van der Waals surface area contributed by atoms with Gasteiger partial charge >= 0.3 is 0 Å². The maximum atomic E-state index is 5.98. The first-order valence-corrected chi connectivity index (χ1v) is 4.34. The van der Waals surface area contributed by atoms with E-state index in [-0.39, 0.29) is 0 Å². The highest BCUT2D eigenvalue weighted by atomic mass is 14.9. The highest BCUT2D eigenvalue weighted by Crippen LogP contribution is 2.31. The van der Waals surface area contributed by atoms with Gasteiger partial charge in [-0.3, -0.25) is 0 Å². The summed E-state index contributed by atoms with van der Waals surface area (Å²) < 4.78 is 0. The summed E-state index contributed by atoms with van der Waals surface area (Å²) >= 11 is 0. The minimum atomic E-state index is 0.494. The number of hydrogen-bond acceptors (Lipinski definition) is 2. The molecule has 1 aliphatic heterocycles. The summed E-state index contributed by atoms with van der Waals surface area (Å²) in [4.78, 5) is 0. The average Bonchev–Trinajstić information content (AvgIpc) is 2.36. The van der Waals surface area contributed by atoms with Gasteiger partial charge in [0.25, 0.3) is 0 Å². The molecule has 58 valence electrons. The van der Waals surface area contributed by atoms with Crippen molar-refractivity contribution in [2.75, 3.05) is 13.1 Å². The SMILES string of the molecule is NC1CCCC2CNCC12. The summed E-state index contributed by atoms with van der Waals surface area (Å²) in [6.45, 7) is 2.39. The van der Waals surface area contributed by atoms with Crippen molar-refractivity contribution >= 4 is 0 Å². The van der Waals surface area contributed by atoms with Gasteiger partial charge in [0.15, 0.2) is 0 Å². The molecular formula is C8H16N2. The van der Waals surface area contributed by atoms with E-state index in [9.17, 15) is 0 Å². The molecule has 0 aromatic carbocycles. The zero-order valence-corrected chi connectivity index (χ0v) is 6.34. The lowest BCUT2D eigenvalue weighted by Gasteiger charge is -2.29. The zero-order valence-electron chi connectivity index (χ0n) is 6.34. The van der Waals surface area contributed by atoms with Crippen molar-refractivity contribution in [1.82, 2.24) is 5.32 Å². The molecule has 3 N–H and O–H groups in total. The zero-order chi connectivity index (χ0) is 6.97. The average molecular weight is 140 g/mol. The smallest absolute Gasteiger partial charge is 0.00824 e. The summed E-state index contributed by atoms with van der Waals surface area (Å²) in [6.07, 6.45) is 4.01. The van der Waals surface area contributed by atoms with Crippen molar-refractivity contribution < 1.29 is 0 Å². The summed E-state index contributed by atoms with van der Waals surface area (Å²) in [5.74, 6) is 1.71. The molecule has 0 aromatic heterocycles. The van der Waals surface area contributed by atoms with Gasteiger partial charge in [0, 0.05) is 6.04 Å². The van der Waals surface area contributed by atoms with Crippen LogP contribution in [0, 0.1) is 11.8 Å². The van der Waals surface area contributed by atoms with E-state index < -0.39 is 0 Å². The Bertz CT molecular complexity index is 124. The molecule has 2 nitrogen and oxygen atoms in total. The first-order valence-electron chi connectivity index (χ1n) is 4.34. The van der Waals surface area contributed by atoms with Crippen molar-refractivity contribution in [1.29, 1.82) is 0 Å². The van der Waals surface area contributed by atoms with Gasteiger partial charge in [-0.2, -0.15) is 0 Å². The molecular weight excluding hydrogens is 124 g/mol. The molecule has 2 rings (SSSR count). The van der Waals surface area contributed by atoms with Crippen molar-refractivity contribution in [2.45, 2.75) is 25.3 Å². The maximum Gasteiger partial charge on any atom is 0.00824 e. The molecule has 2 heteroatoms. The van der Waals surface area contributed by atoms with Crippen LogP contribution < -0.4 is 11.1 Å². The minimum Gasteiger partial charge on any atom is -0.327 e. The number of fused-ring (bicyclic) bond motifs is 1. The molecule has 2 aliphatic rings. The van der Waals surface area contributed by atoms with Gasteiger partial charge in [-0.05, 0) is 37.8 Å². The van der Waals surface area contributed by atoms with E-state index in [2.05, 4.69) is 5.32 Å². The van der Waals surface area contributed by atoms with Crippen molar-refractivity contribution in [2.24, 2.45) is 17.6 Å². The summed E-state index contributed by atoms with van der Waals surface area (Å²) in [6, 6.07) is 0.494. The Hall–Kier alpha value is -0.0800. The van der Waals surface area contributed by atoms with Gasteiger partial charge in [0.2, 0.25) is 0 Å². The van der Waals surface area contributed by atoms with Gasteiger partial charge in [-0.25, -0.2) is 0 Å². The van der Waals surface area contributed by atoms with E-state index in [0.29, 0.717) is 6.04 Å². The third-order valence-electron chi connectivity index (χ3n) is 3.05. The summed E-state index contributed by atoms with van der Waals surface area (Å²) in [5, 5.41) is 3.41. The lowest BCUT2D eigenvalue weighted by atomic mass is 9.78. The van der Waals surface area contributed by atoms with Crippen LogP contribution >= 0.6 is 0 Å². The van der Waals surface area contributed by atoms with Crippen molar-refractivity contribution in [3.63, 3.8) is 0 Å². The topological polar surface area (TPSA) is 38.0 Å². The minimum absolute atomic E-state index is 0.494. The van der Waals surface area contributed by atoms with Gasteiger partial charge in [0.05, 0.1) is 0 Å². The molecule has 10 heavy (non-hydrogen) atoms. The Kier molecular flexibility index (Phi) is 1.66. The second-order valence-corrected chi connectivity index (χ2v) is 3.68. The van der Waals surface area contributed by atoms with Crippen LogP contribution in [-0.4, -0.2) is 19.1 Å². The summed E-state index contributed by atoms with van der Waals surface area (Å²) in [7, 11) is 0. The predicted octanol–water partition coefficient (Wildman–Crippen LogP) is 0.333. The molecule has 1 aliphatic carbocycles. The quantitative estimate of drug-likeness (QED) is 0.509. The van der Waals surface area contributed by atoms with Crippen LogP contribution in [0.4, 0.5) is 0 Å². The van der Waals surface area contributed by atoms with E-state index in [1.165, 1.54) is 32.4 Å². The molecule has 3 atom stereocenters. The van der Waals surface area contributed by atoms with E-state index in [4.69, 9.17) is 5.73 Å². The van der Waals surface area contributed by atoms with Gasteiger partial charge in [-0.1, -0.05) is 6.42 Å². The van der Waals surface area contributed by atoms with Crippen LogP contribution in [0.25, 0.3) is 0 Å². The Morgan fingerprint density at radius 1 is 1.20 bits per heavy atom. The molecule has 1 heterocycles. The third kappa shape index (κ3) is 0.956. The van der Waals surface area contributed by atoms with Crippen LogP contribution in [0.2, 0.25) is 0 Å². The molecule has 0 amide bonds. The number of nitrogens with one attached hydrogen (secondary N) is 1. The fourth-order valence-corrected chi connectivity index (χ4v) is 2.40. The van der Waals surface area contributed by atoms with Gasteiger partial charge < -0.3 is 11.1 Å². The lowest BCUT2D eigenvalue weighted by Crippen LogP contribution is -2.38. The Morgan fingerprint density at radius 3 is 2.90 bits per heavy atom. The van der Waals surface area contributed by atoms with Crippen LogP contribution in [-0.2, 0) is 0 Å². The number of hydrogen-bond donors (Lipinski definition) is 2. The second kappa shape index (κ2) is 2.51.